The van der Waals surface area contributed by atoms with Crippen molar-refractivity contribution in [1.82, 2.24) is 9.88 Å². The maximum Gasteiger partial charge on any atom is 0.339 e. The lowest BCUT2D eigenvalue weighted by Gasteiger charge is -2.38. The summed E-state index contributed by atoms with van der Waals surface area (Å²) in [6.45, 7) is 8.49. The molecule has 0 saturated carbocycles. The first-order chi connectivity index (χ1) is 11.8. The molecular weight excluding hydrogens is 320 g/mol. The average molecular weight is 350 g/mol. The first-order valence-electron chi connectivity index (χ1n) is 9.03. The predicted molar refractivity (Wildman–Crippen MR) is 95.8 cm³/mol. The van der Waals surface area contributed by atoms with Gasteiger partial charge in [-0.15, -0.1) is 0 Å². The second kappa shape index (κ2) is 7.60. The van der Waals surface area contributed by atoms with Crippen LogP contribution >= 0.6 is 0 Å². The molecule has 2 rings (SSSR count). The minimum atomic E-state index is -0.513. The van der Waals surface area contributed by atoms with Crippen LogP contribution in [0.5, 0.6) is 0 Å². The standard InChI is InChI=1S/C19H30N2O4/c1-6-14-15(18(24)25-5)13(4)16(20-14)17(23)21-9-7-8-19(21,11-22)10-12(2)3/h12,20,22H,6-11H2,1-5H3. The summed E-state index contributed by atoms with van der Waals surface area (Å²) in [4.78, 5) is 30.3. The minimum Gasteiger partial charge on any atom is -0.465 e. The molecule has 0 aromatic carbocycles. The number of nitrogens with zero attached hydrogens (tertiary/aromatic N) is 1. The number of aromatic nitrogens is 1. The lowest BCUT2D eigenvalue weighted by atomic mass is 9.87. The molecule has 6 nitrogen and oxygen atoms in total. The van der Waals surface area contributed by atoms with Crippen molar-refractivity contribution in [2.75, 3.05) is 20.3 Å². The Morgan fingerprint density at radius 1 is 1.40 bits per heavy atom. The number of aromatic amines is 1. The van der Waals surface area contributed by atoms with Crippen molar-refractivity contribution in [1.29, 1.82) is 0 Å². The molecular formula is C19H30N2O4. The monoisotopic (exact) mass is 350 g/mol. The van der Waals surface area contributed by atoms with Crippen molar-refractivity contribution >= 4 is 11.9 Å². The number of aryl methyl sites for hydroxylation is 1. The van der Waals surface area contributed by atoms with Crippen molar-refractivity contribution in [2.24, 2.45) is 5.92 Å². The van der Waals surface area contributed by atoms with E-state index in [1.165, 1.54) is 7.11 Å². The van der Waals surface area contributed by atoms with E-state index < -0.39 is 11.5 Å². The number of H-pyrrole nitrogens is 1. The number of hydrogen-bond donors (Lipinski definition) is 2. The maximum absolute atomic E-state index is 13.2. The van der Waals surface area contributed by atoms with Crippen LogP contribution in [0.2, 0.25) is 0 Å². The molecule has 0 aliphatic carbocycles. The Kier molecular flexibility index (Phi) is 5.93. The number of aliphatic hydroxyl groups is 1. The second-order valence-electron chi connectivity index (χ2n) is 7.36. The average Bonchev–Trinajstić information content (AvgIpc) is 3.14. The number of amides is 1. The molecule has 1 aliphatic rings. The normalized spacial score (nSPS) is 20.4. The first kappa shape index (κ1) is 19.5. The van der Waals surface area contributed by atoms with Gasteiger partial charge in [0.15, 0.2) is 0 Å². The van der Waals surface area contributed by atoms with Crippen molar-refractivity contribution < 1.29 is 19.4 Å². The van der Waals surface area contributed by atoms with Gasteiger partial charge in [-0.2, -0.15) is 0 Å². The van der Waals surface area contributed by atoms with E-state index in [2.05, 4.69) is 18.8 Å². The van der Waals surface area contributed by atoms with Crippen molar-refractivity contribution in [3.63, 3.8) is 0 Å². The summed E-state index contributed by atoms with van der Waals surface area (Å²) >= 11 is 0. The van der Waals surface area contributed by atoms with Gasteiger partial charge in [0, 0.05) is 12.2 Å². The number of nitrogens with one attached hydrogen (secondary N) is 1. The summed E-state index contributed by atoms with van der Waals surface area (Å²) in [6, 6.07) is 0. The highest BCUT2D eigenvalue weighted by Crippen LogP contribution is 2.36. The van der Waals surface area contributed by atoms with Crippen LogP contribution in [0.25, 0.3) is 0 Å². The Hall–Kier alpha value is -1.82. The lowest BCUT2D eigenvalue weighted by molar-refractivity contribution is 0.0327. The number of likely N-dealkylation sites (tertiary alicyclic amines) is 1. The fourth-order valence-corrected chi connectivity index (χ4v) is 4.11. The van der Waals surface area contributed by atoms with Gasteiger partial charge in [0.1, 0.15) is 5.69 Å². The first-order valence-corrected chi connectivity index (χ1v) is 9.03. The molecule has 1 aromatic heterocycles. The predicted octanol–water partition coefficient (Wildman–Crippen LogP) is 2.69. The zero-order valence-electron chi connectivity index (χ0n) is 15.9. The number of esters is 1. The molecule has 1 amide bonds. The van der Waals surface area contributed by atoms with Crippen molar-refractivity contribution in [3.8, 4) is 0 Å². The molecule has 1 aliphatic heterocycles. The second-order valence-corrected chi connectivity index (χ2v) is 7.36. The fourth-order valence-electron chi connectivity index (χ4n) is 4.11. The quantitative estimate of drug-likeness (QED) is 0.773. The summed E-state index contributed by atoms with van der Waals surface area (Å²) in [5.74, 6) is -0.196. The van der Waals surface area contributed by atoms with Gasteiger partial charge in [-0.25, -0.2) is 4.79 Å². The van der Waals surface area contributed by atoms with Gasteiger partial charge in [-0.1, -0.05) is 20.8 Å². The van der Waals surface area contributed by atoms with Crippen LogP contribution in [-0.4, -0.2) is 52.7 Å². The molecule has 2 heterocycles. The summed E-state index contributed by atoms with van der Waals surface area (Å²) < 4.78 is 4.87. The highest BCUT2D eigenvalue weighted by atomic mass is 16.5. The number of hydrogen-bond acceptors (Lipinski definition) is 4. The zero-order chi connectivity index (χ0) is 18.8. The fraction of sp³-hybridized carbons (Fsp3) is 0.684. The van der Waals surface area contributed by atoms with E-state index in [4.69, 9.17) is 4.74 Å². The van der Waals surface area contributed by atoms with Crippen LogP contribution < -0.4 is 0 Å². The number of methoxy groups -OCH3 is 1. The third kappa shape index (κ3) is 3.45. The van der Waals surface area contributed by atoms with Crippen molar-refractivity contribution in [2.45, 2.75) is 58.9 Å². The van der Waals surface area contributed by atoms with Crippen molar-refractivity contribution in [3.05, 3.63) is 22.5 Å². The van der Waals surface area contributed by atoms with Gasteiger partial charge in [-0.05, 0) is 44.1 Å². The van der Waals surface area contributed by atoms with Gasteiger partial charge < -0.3 is 19.7 Å². The molecule has 2 N–H and O–H groups in total. The van der Waals surface area contributed by atoms with Crippen LogP contribution in [0.1, 0.15) is 72.1 Å². The van der Waals surface area contributed by atoms with E-state index in [0.717, 1.165) is 19.3 Å². The Bertz CT molecular complexity index is 650. The van der Waals surface area contributed by atoms with Crippen LogP contribution in [0, 0.1) is 12.8 Å². The molecule has 25 heavy (non-hydrogen) atoms. The zero-order valence-corrected chi connectivity index (χ0v) is 15.9. The van der Waals surface area contributed by atoms with Crippen LogP contribution in [0.15, 0.2) is 0 Å². The minimum absolute atomic E-state index is 0.0405. The Morgan fingerprint density at radius 2 is 2.08 bits per heavy atom. The van der Waals surface area contributed by atoms with E-state index in [9.17, 15) is 14.7 Å². The smallest absolute Gasteiger partial charge is 0.339 e. The van der Waals surface area contributed by atoms with Gasteiger partial charge in [0.25, 0.3) is 5.91 Å². The Balaban J connectivity index is 2.43. The SMILES string of the molecule is CCc1[nH]c(C(=O)N2CCCC2(CO)CC(C)C)c(C)c1C(=O)OC. The molecule has 1 atom stereocenters. The molecule has 0 radical (unpaired) electrons. The molecule has 1 aromatic rings. The third-order valence-electron chi connectivity index (χ3n) is 5.21. The van der Waals surface area contributed by atoms with Gasteiger partial charge in [0.2, 0.25) is 0 Å². The molecule has 1 unspecified atom stereocenters. The maximum atomic E-state index is 13.2. The van der Waals surface area contributed by atoms with Gasteiger partial charge >= 0.3 is 5.97 Å². The summed E-state index contributed by atoms with van der Waals surface area (Å²) in [7, 11) is 1.34. The third-order valence-corrected chi connectivity index (χ3v) is 5.21. The highest BCUT2D eigenvalue weighted by Gasteiger charge is 2.44. The van der Waals surface area contributed by atoms with E-state index in [1.807, 2.05) is 6.92 Å². The van der Waals surface area contributed by atoms with Crippen LogP contribution in [-0.2, 0) is 11.2 Å². The summed E-state index contributed by atoms with van der Waals surface area (Å²) in [6.07, 6.45) is 3.05. The Morgan fingerprint density at radius 3 is 2.60 bits per heavy atom. The molecule has 1 fully saturated rings. The summed E-state index contributed by atoms with van der Waals surface area (Å²) in [5, 5.41) is 10.1. The molecule has 140 valence electrons. The molecule has 1 saturated heterocycles. The largest absolute Gasteiger partial charge is 0.465 e. The molecule has 6 heteroatoms. The van der Waals surface area contributed by atoms with E-state index >= 15 is 0 Å². The highest BCUT2D eigenvalue weighted by molar-refractivity contribution is 6.01. The lowest BCUT2D eigenvalue weighted by Crippen LogP contribution is -2.51. The number of carbonyl (C=O) groups excluding carboxylic acids is 2. The number of rotatable bonds is 6. The molecule has 0 spiro atoms. The number of ether oxygens (including phenoxy) is 1. The van der Waals surface area contributed by atoms with E-state index in [-0.39, 0.29) is 12.5 Å². The molecule has 0 bridgehead atoms. The topological polar surface area (TPSA) is 82.6 Å². The number of aliphatic hydroxyl groups excluding tert-OH is 1. The van der Waals surface area contributed by atoms with Crippen LogP contribution in [0.3, 0.4) is 0 Å². The van der Waals surface area contributed by atoms with Crippen LogP contribution in [0.4, 0.5) is 0 Å². The summed E-state index contributed by atoms with van der Waals surface area (Å²) in [5.41, 5.74) is 1.70. The van der Waals surface area contributed by atoms with E-state index in [1.54, 1.807) is 11.8 Å². The van der Waals surface area contributed by atoms with Gasteiger partial charge in [0.05, 0.1) is 24.8 Å². The number of carbonyl (C=O) groups is 2. The van der Waals surface area contributed by atoms with Gasteiger partial charge in [-0.3, -0.25) is 4.79 Å². The Labute approximate surface area is 149 Å². The van der Waals surface area contributed by atoms with E-state index in [0.29, 0.717) is 41.4 Å².